The first-order valence-corrected chi connectivity index (χ1v) is 13.5. The number of ether oxygens (including phenoxy) is 1. The molecule has 12 heteroatoms. The Balaban J connectivity index is 1.31. The van der Waals surface area contributed by atoms with E-state index in [1.165, 1.54) is 12.1 Å². The van der Waals surface area contributed by atoms with Crippen molar-refractivity contribution in [3.05, 3.63) is 53.5 Å². The number of carboxylic acid groups (broad SMARTS) is 1. The third kappa shape index (κ3) is 6.01. The molecule has 1 aromatic carbocycles. The highest BCUT2D eigenvalue weighted by molar-refractivity contribution is 5.87. The summed E-state index contributed by atoms with van der Waals surface area (Å²) in [6, 6.07) is 2.86. The first-order chi connectivity index (χ1) is 18.8. The van der Waals surface area contributed by atoms with Crippen LogP contribution in [0.4, 0.5) is 18.0 Å². The highest BCUT2D eigenvalue weighted by Crippen LogP contribution is 2.39. The largest absolute Gasteiger partial charge is 0.472 e. The lowest BCUT2D eigenvalue weighted by molar-refractivity contribution is -0.141. The molecule has 1 aliphatic carbocycles. The Kier molecular flexibility index (Phi) is 7.41. The lowest BCUT2D eigenvalue weighted by Crippen LogP contribution is -2.57. The van der Waals surface area contributed by atoms with Gasteiger partial charge in [0.05, 0.1) is 23.7 Å². The van der Waals surface area contributed by atoms with Crippen LogP contribution in [-0.4, -0.2) is 85.6 Å². The van der Waals surface area contributed by atoms with Crippen LogP contribution in [0.25, 0.3) is 0 Å². The van der Waals surface area contributed by atoms with E-state index < -0.39 is 35.3 Å². The number of halogens is 3. The van der Waals surface area contributed by atoms with Crippen molar-refractivity contribution in [2.45, 2.75) is 75.9 Å². The molecule has 1 aromatic heterocycles. The molecule has 1 N–H and O–H groups in total. The summed E-state index contributed by atoms with van der Waals surface area (Å²) in [6.45, 7) is 6.94. The van der Waals surface area contributed by atoms with E-state index in [1.54, 1.807) is 38.1 Å². The summed E-state index contributed by atoms with van der Waals surface area (Å²) >= 11 is 0. The van der Waals surface area contributed by atoms with Gasteiger partial charge in [0.15, 0.2) is 0 Å². The molecule has 0 radical (unpaired) electrons. The van der Waals surface area contributed by atoms with Crippen molar-refractivity contribution in [3.8, 4) is 5.88 Å². The molecule has 3 aliphatic rings. The minimum absolute atomic E-state index is 0.00238. The van der Waals surface area contributed by atoms with E-state index in [-0.39, 0.29) is 17.7 Å². The number of amides is 2. The smallest absolute Gasteiger partial charge is 0.416 e. The zero-order valence-corrected chi connectivity index (χ0v) is 22.8. The normalized spacial score (nSPS) is 22.5. The van der Waals surface area contributed by atoms with E-state index in [0.29, 0.717) is 44.4 Å². The zero-order chi connectivity index (χ0) is 28.8. The van der Waals surface area contributed by atoms with Crippen LogP contribution in [-0.2, 0) is 11.0 Å². The monoisotopic (exact) mass is 561 g/mol. The number of benzene rings is 1. The van der Waals surface area contributed by atoms with Crippen molar-refractivity contribution < 1.29 is 32.6 Å². The lowest BCUT2D eigenvalue weighted by Gasteiger charge is -2.43. The predicted octanol–water partition coefficient (Wildman–Crippen LogP) is 4.56. The standard InChI is InChI=1S/C28H34F3N5O4/c1-27(2,3)36(26(38)39)24(18-6-8-19(9-7-18)28(29,30)31)25(37)35-11-10-34-16-21(12-20(34)15-35)40-23-14-32-22(13-33-23)17-4-5-17/h6-9,13-14,17,20-21,24H,4-5,10-12,15-16H2,1-3H3,(H,38,39)/t20-,21+,24?/m0/s1. The molecule has 0 bridgehead atoms. The summed E-state index contributed by atoms with van der Waals surface area (Å²) in [5.41, 5.74) is -0.672. The van der Waals surface area contributed by atoms with Gasteiger partial charge in [-0.1, -0.05) is 12.1 Å². The molecule has 2 amide bonds. The number of hydrogen-bond donors (Lipinski definition) is 1. The summed E-state index contributed by atoms with van der Waals surface area (Å²) in [4.78, 5) is 40.1. The highest BCUT2D eigenvalue weighted by atomic mass is 19.4. The van der Waals surface area contributed by atoms with Crippen LogP contribution < -0.4 is 4.74 Å². The minimum Gasteiger partial charge on any atom is -0.472 e. The number of nitrogens with zero attached hydrogens (tertiary/aromatic N) is 5. The summed E-state index contributed by atoms with van der Waals surface area (Å²) in [5, 5.41) is 10.1. The Labute approximate surface area is 230 Å². The van der Waals surface area contributed by atoms with E-state index >= 15 is 0 Å². The third-order valence-electron chi connectivity index (χ3n) is 7.80. The van der Waals surface area contributed by atoms with E-state index in [0.717, 1.165) is 35.6 Å². The number of alkyl halides is 3. The van der Waals surface area contributed by atoms with Gasteiger partial charge in [-0.3, -0.25) is 19.6 Å². The molecule has 9 nitrogen and oxygen atoms in total. The Morgan fingerprint density at radius 3 is 2.30 bits per heavy atom. The van der Waals surface area contributed by atoms with Gasteiger partial charge in [-0.05, 0) is 51.3 Å². The number of piperazine rings is 1. The SMILES string of the molecule is CC(C)(C)N(C(=O)O)C(C(=O)N1CCN2C[C@H](Oc3cnc(C4CC4)cn3)C[C@H]2C1)c1ccc(C(F)(F)F)cc1. The van der Waals surface area contributed by atoms with E-state index in [9.17, 15) is 27.9 Å². The molecule has 3 atom stereocenters. The fourth-order valence-corrected chi connectivity index (χ4v) is 5.64. The van der Waals surface area contributed by atoms with Gasteiger partial charge in [-0.15, -0.1) is 0 Å². The highest BCUT2D eigenvalue weighted by Gasteiger charge is 2.44. The molecule has 3 heterocycles. The Hall–Kier alpha value is -3.41. The van der Waals surface area contributed by atoms with Crippen LogP contribution in [0.15, 0.2) is 36.7 Å². The second-order valence-electron chi connectivity index (χ2n) is 11.8. The average Bonchev–Trinajstić information content (AvgIpc) is 3.65. The fourth-order valence-electron chi connectivity index (χ4n) is 5.64. The second kappa shape index (κ2) is 10.5. The van der Waals surface area contributed by atoms with Gasteiger partial charge < -0.3 is 14.7 Å². The van der Waals surface area contributed by atoms with Crippen molar-refractivity contribution in [2.75, 3.05) is 26.2 Å². The molecule has 0 spiro atoms. The lowest BCUT2D eigenvalue weighted by atomic mass is 9.96. The molecule has 40 heavy (non-hydrogen) atoms. The molecule has 1 saturated carbocycles. The average molecular weight is 562 g/mol. The van der Waals surface area contributed by atoms with Gasteiger partial charge in [0.2, 0.25) is 11.8 Å². The minimum atomic E-state index is -4.54. The molecule has 2 aliphatic heterocycles. The molecule has 2 saturated heterocycles. The quantitative estimate of drug-likeness (QED) is 0.552. The zero-order valence-electron chi connectivity index (χ0n) is 22.8. The first-order valence-electron chi connectivity index (χ1n) is 13.5. The molecule has 3 fully saturated rings. The predicted molar refractivity (Wildman–Crippen MR) is 139 cm³/mol. The van der Waals surface area contributed by atoms with E-state index in [1.807, 2.05) is 0 Å². The molecule has 5 rings (SSSR count). The van der Waals surface area contributed by atoms with Crippen molar-refractivity contribution in [1.82, 2.24) is 24.7 Å². The number of hydrogen-bond acceptors (Lipinski definition) is 6. The summed E-state index contributed by atoms with van der Waals surface area (Å²) in [6.07, 6.45) is 0.360. The van der Waals surface area contributed by atoms with Gasteiger partial charge in [0, 0.05) is 50.1 Å². The second-order valence-corrected chi connectivity index (χ2v) is 11.8. The number of aromatic nitrogens is 2. The Morgan fingerprint density at radius 2 is 1.75 bits per heavy atom. The first kappa shape index (κ1) is 28.1. The van der Waals surface area contributed by atoms with E-state index in [2.05, 4.69) is 14.9 Å². The van der Waals surface area contributed by atoms with Crippen LogP contribution in [0.5, 0.6) is 5.88 Å². The number of carbonyl (C=O) groups excluding carboxylic acids is 1. The maximum Gasteiger partial charge on any atom is 0.416 e. The van der Waals surface area contributed by atoms with Gasteiger partial charge >= 0.3 is 12.3 Å². The van der Waals surface area contributed by atoms with Crippen LogP contribution >= 0.6 is 0 Å². The maximum absolute atomic E-state index is 14.0. The Morgan fingerprint density at radius 1 is 1.05 bits per heavy atom. The number of carbonyl (C=O) groups is 2. The molecule has 216 valence electrons. The van der Waals surface area contributed by atoms with Crippen LogP contribution in [0, 0.1) is 0 Å². The van der Waals surface area contributed by atoms with Crippen LogP contribution in [0.1, 0.15) is 68.8 Å². The Bertz CT molecular complexity index is 1230. The summed E-state index contributed by atoms with van der Waals surface area (Å²) < 4.78 is 45.7. The van der Waals surface area contributed by atoms with Crippen molar-refractivity contribution in [1.29, 1.82) is 0 Å². The van der Waals surface area contributed by atoms with Crippen LogP contribution in [0.3, 0.4) is 0 Å². The summed E-state index contributed by atoms with van der Waals surface area (Å²) in [5.74, 6) is 0.515. The summed E-state index contributed by atoms with van der Waals surface area (Å²) in [7, 11) is 0. The van der Waals surface area contributed by atoms with E-state index in [4.69, 9.17) is 4.74 Å². The molecule has 1 unspecified atom stereocenters. The molecular weight excluding hydrogens is 527 g/mol. The maximum atomic E-state index is 14.0. The van der Waals surface area contributed by atoms with Gasteiger partial charge in [0.25, 0.3) is 0 Å². The van der Waals surface area contributed by atoms with Crippen molar-refractivity contribution in [2.24, 2.45) is 0 Å². The topological polar surface area (TPSA) is 99.1 Å². The van der Waals surface area contributed by atoms with Crippen molar-refractivity contribution >= 4 is 12.0 Å². The fraction of sp³-hybridized carbons (Fsp3) is 0.571. The molecule has 2 aromatic rings. The van der Waals surface area contributed by atoms with Gasteiger partial charge in [-0.25, -0.2) is 9.78 Å². The number of rotatable bonds is 6. The number of fused-ring (bicyclic) bond motifs is 1. The van der Waals surface area contributed by atoms with Crippen molar-refractivity contribution in [3.63, 3.8) is 0 Å². The van der Waals surface area contributed by atoms with Gasteiger partial charge in [-0.2, -0.15) is 13.2 Å². The third-order valence-corrected chi connectivity index (χ3v) is 7.80. The van der Waals surface area contributed by atoms with Crippen LogP contribution in [0.2, 0.25) is 0 Å². The van der Waals surface area contributed by atoms with Gasteiger partial charge in [0.1, 0.15) is 12.1 Å². The molecular formula is C28H34F3N5O4.